The molecule has 1 spiro atoms. The molecular formula is C18H24N4O2S. The molecule has 2 fully saturated rings. The molecule has 0 saturated carbocycles. The number of morpholine rings is 1. The van der Waals surface area contributed by atoms with E-state index in [1.54, 1.807) is 0 Å². The van der Waals surface area contributed by atoms with Crippen LogP contribution in [0.4, 0.5) is 0 Å². The summed E-state index contributed by atoms with van der Waals surface area (Å²) < 4.78 is 25.8. The fourth-order valence-corrected chi connectivity index (χ4v) is 5.34. The summed E-state index contributed by atoms with van der Waals surface area (Å²) in [4.78, 5) is 2.38. The van der Waals surface area contributed by atoms with Crippen molar-refractivity contribution in [2.24, 2.45) is 0 Å². The molecule has 2 aromatic rings. The van der Waals surface area contributed by atoms with E-state index >= 15 is 0 Å². The molecular weight excluding hydrogens is 336 g/mol. The van der Waals surface area contributed by atoms with E-state index in [1.807, 2.05) is 18.2 Å². The number of nitrogens with one attached hydrogen (secondary N) is 2. The molecule has 7 heteroatoms. The van der Waals surface area contributed by atoms with Crippen molar-refractivity contribution in [2.45, 2.75) is 25.0 Å². The zero-order valence-corrected chi connectivity index (χ0v) is 15.1. The number of aromatic amines is 1. The third kappa shape index (κ3) is 3.78. The Morgan fingerprint density at radius 3 is 2.80 bits per heavy atom. The molecule has 0 unspecified atom stereocenters. The predicted octanol–water partition coefficient (Wildman–Crippen LogP) is 2.49. The molecule has 0 radical (unpaired) electrons. The lowest BCUT2D eigenvalue weighted by molar-refractivity contribution is -0.116. The van der Waals surface area contributed by atoms with Crippen LogP contribution in [0.3, 0.4) is 0 Å². The van der Waals surface area contributed by atoms with E-state index in [9.17, 15) is 4.21 Å². The molecule has 2 aliphatic rings. The predicted molar refractivity (Wildman–Crippen MR) is 97.8 cm³/mol. The van der Waals surface area contributed by atoms with Crippen molar-refractivity contribution in [2.75, 3.05) is 31.2 Å². The maximum Gasteiger partial charge on any atom is 0.0924 e. The second kappa shape index (κ2) is 6.55. The van der Waals surface area contributed by atoms with Crippen LogP contribution in [0.15, 0.2) is 36.4 Å². The Balaban J connectivity index is 1.42. The molecule has 2 N–H and O–H groups in total. The summed E-state index contributed by atoms with van der Waals surface area (Å²) >= 11 is 0. The van der Waals surface area contributed by atoms with E-state index in [2.05, 4.69) is 33.3 Å². The molecule has 0 atom stereocenters. The number of H-pyrrole nitrogens is 1. The summed E-state index contributed by atoms with van der Waals surface area (Å²) in [5, 5.41) is 7.58. The SMILES string of the molecule is N=S1(=O)CCC2(CC1)CN(Cc1cc(-c3ccccc3)n[nH]1)CCO2. The van der Waals surface area contributed by atoms with Crippen molar-refractivity contribution in [1.29, 1.82) is 4.78 Å². The van der Waals surface area contributed by atoms with E-state index in [0.29, 0.717) is 18.1 Å². The van der Waals surface area contributed by atoms with Gasteiger partial charge in [0.05, 0.1) is 17.9 Å². The minimum atomic E-state index is -2.38. The smallest absolute Gasteiger partial charge is 0.0924 e. The van der Waals surface area contributed by atoms with Crippen molar-refractivity contribution in [1.82, 2.24) is 15.1 Å². The molecule has 25 heavy (non-hydrogen) atoms. The van der Waals surface area contributed by atoms with Gasteiger partial charge in [-0.15, -0.1) is 0 Å². The summed E-state index contributed by atoms with van der Waals surface area (Å²) in [6.07, 6.45) is 1.45. The van der Waals surface area contributed by atoms with Gasteiger partial charge in [0.15, 0.2) is 0 Å². The molecule has 1 aromatic carbocycles. The number of aromatic nitrogens is 2. The van der Waals surface area contributed by atoms with Gasteiger partial charge in [0.1, 0.15) is 0 Å². The van der Waals surface area contributed by atoms with Crippen LogP contribution in [0, 0.1) is 4.78 Å². The Bertz CT molecular complexity index is 818. The lowest BCUT2D eigenvalue weighted by Gasteiger charge is -2.45. The van der Waals surface area contributed by atoms with Crippen LogP contribution in [0.2, 0.25) is 0 Å². The molecule has 0 aliphatic carbocycles. The number of rotatable bonds is 3. The highest BCUT2D eigenvalue weighted by atomic mass is 32.2. The third-order valence-electron chi connectivity index (χ3n) is 5.20. The van der Waals surface area contributed by atoms with Gasteiger partial charge in [0.2, 0.25) is 0 Å². The molecule has 0 bridgehead atoms. The number of nitrogens with zero attached hydrogens (tertiary/aromatic N) is 2. The number of hydrogen-bond donors (Lipinski definition) is 2. The third-order valence-corrected chi connectivity index (χ3v) is 6.92. The average Bonchev–Trinajstić information content (AvgIpc) is 3.08. The maximum atomic E-state index is 11.9. The van der Waals surface area contributed by atoms with Crippen LogP contribution in [-0.2, 0) is 21.0 Å². The van der Waals surface area contributed by atoms with Crippen molar-refractivity contribution in [3.8, 4) is 11.3 Å². The largest absolute Gasteiger partial charge is 0.372 e. The maximum absolute atomic E-state index is 11.9. The van der Waals surface area contributed by atoms with Gasteiger partial charge in [-0.25, -0.2) is 4.21 Å². The topological polar surface area (TPSA) is 82.1 Å². The Kier molecular flexibility index (Phi) is 4.39. The van der Waals surface area contributed by atoms with Crippen molar-refractivity contribution < 1.29 is 8.95 Å². The van der Waals surface area contributed by atoms with E-state index in [4.69, 9.17) is 9.52 Å². The number of benzene rings is 1. The zero-order valence-electron chi connectivity index (χ0n) is 14.2. The van der Waals surface area contributed by atoms with Crippen LogP contribution in [0.1, 0.15) is 18.5 Å². The molecule has 3 heterocycles. The lowest BCUT2D eigenvalue weighted by Crippen LogP contribution is -2.54. The lowest BCUT2D eigenvalue weighted by atomic mass is 9.94. The Morgan fingerprint density at radius 1 is 1.28 bits per heavy atom. The fraction of sp³-hybridized carbons (Fsp3) is 0.500. The van der Waals surface area contributed by atoms with Crippen molar-refractivity contribution in [3.05, 3.63) is 42.1 Å². The van der Waals surface area contributed by atoms with Crippen LogP contribution in [0.5, 0.6) is 0 Å². The summed E-state index contributed by atoms with van der Waals surface area (Å²) in [6, 6.07) is 12.3. The molecule has 4 rings (SSSR count). The van der Waals surface area contributed by atoms with E-state index < -0.39 is 9.73 Å². The van der Waals surface area contributed by atoms with Crippen LogP contribution in [0.25, 0.3) is 11.3 Å². The molecule has 134 valence electrons. The summed E-state index contributed by atoms with van der Waals surface area (Å²) in [7, 11) is -2.38. The average molecular weight is 360 g/mol. The fourth-order valence-electron chi connectivity index (χ4n) is 3.73. The van der Waals surface area contributed by atoms with Crippen LogP contribution >= 0.6 is 0 Å². The van der Waals surface area contributed by atoms with Gasteiger partial charge in [0.25, 0.3) is 0 Å². The first kappa shape index (κ1) is 16.8. The monoisotopic (exact) mass is 360 g/mol. The zero-order chi connectivity index (χ0) is 17.3. The van der Waals surface area contributed by atoms with Crippen LogP contribution in [-0.4, -0.2) is 56.1 Å². The van der Waals surface area contributed by atoms with Gasteiger partial charge in [-0.1, -0.05) is 30.3 Å². The molecule has 2 aliphatic heterocycles. The standard InChI is InChI=1S/C18H24N4O2S/c19-25(23)10-6-18(7-11-25)14-22(8-9-24-18)13-16-12-17(21-20-16)15-4-2-1-3-5-15/h1-5,12,19H,6-11,13-14H2,(H,20,21). The summed E-state index contributed by atoms with van der Waals surface area (Å²) in [5.41, 5.74) is 2.95. The quantitative estimate of drug-likeness (QED) is 0.881. The van der Waals surface area contributed by atoms with Gasteiger partial charge >= 0.3 is 0 Å². The highest BCUT2D eigenvalue weighted by molar-refractivity contribution is 7.92. The second-order valence-electron chi connectivity index (χ2n) is 7.11. The molecule has 2 saturated heterocycles. The Morgan fingerprint density at radius 2 is 2.04 bits per heavy atom. The Hall–Kier alpha value is -1.70. The minimum Gasteiger partial charge on any atom is -0.372 e. The highest BCUT2D eigenvalue weighted by Crippen LogP contribution is 2.32. The summed E-state index contributed by atoms with van der Waals surface area (Å²) in [5.74, 6) is 0.923. The summed E-state index contributed by atoms with van der Waals surface area (Å²) in [6.45, 7) is 3.22. The normalized spacial score (nSPS) is 30.6. The van der Waals surface area contributed by atoms with Gasteiger partial charge in [0, 0.05) is 52.1 Å². The van der Waals surface area contributed by atoms with Crippen molar-refractivity contribution in [3.63, 3.8) is 0 Å². The second-order valence-corrected chi connectivity index (χ2v) is 9.55. The minimum absolute atomic E-state index is 0.220. The first-order chi connectivity index (χ1) is 12.0. The molecule has 1 aromatic heterocycles. The van der Waals surface area contributed by atoms with Crippen LogP contribution < -0.4 is 0 Å². The van der Waals surface area contributed by atoms with Gasteiger partial charge in [-0.05, 0) is 18.9 Å². The van der Waals surface area contributed by atoms with E-state index in [-0.39, 0.29) is 5.60 Å². The van der Waals surface area contributed by atoms with Gasteiger partial charge in [-0.2, -0.15) is 5.10 Å². The first-order valence-electron chi connectivity index (χ1n) is 8.74. The number of hydrogen-bond acceptors (Lipinski definition) is 5. The first-order valence-corrected chi connectivity index (χ1v) is 10.6. The van der Waals surface area contributed by atoms with Gasteiger partial charge in [-0.3, -0.25) is 14.8 Å². The van der Waals surface area contributed by atoms with E-state index in [0.717, 1.165) is 49.4 Å². The number of ether oxygens (including phenoxy) is 1. The van der Waals surface area contributed by atoms with Gasteiger partial charge < -0.3 is 4.74 Å². The highest BCUT2D eigenvalue weighted by Gasteiger charge is 2.40. The van der Waals surface area contributed by atoms with E-state index in [1.165, 1.54) is 0 Å². The molecule has 6 nitrogen and oxygen atoms in total. The Labute approximate surface area is 148 Å². The molecule has 0 amide bonds. The van der Waals surface area contributed by atoms with Crippen molar-refractivity contribution >= 4 is 9.73 Å².